The van der Waals surface area contributed by atoms with E-state index in [1.165, 1.54) is 0 Å². The van der Waals surface area contributed by atoms with Gasteiger partial charge in [-0.2, -0.15) is 0 Å². The van der Waals surface area contributed by atoms with Crippen molar-refractivity contribution in [1.82, 2.24) is 5.32 Å². The van der Waals surface area contributed by atoms with Gasteiger partial charge in [0.15, 0.2) is 6.61 Å². The molecule has 26 heavy (non-hydrogen) atoms. The highest BCUT2D eigenvalue weighted by molar-refractivity contribution is 6.35. The molecule has 0 fully saturated rings. The monoisotopic (exact) mass is 392 g/mol. The predicted molar refractivity (Wildman–Crippen MR) is 102 cm³/mol. The van der Waals surface area contributed by atoms with E-state index in [4.69, 9.17) is 27.9 Å². The van der Waals surface area contributed by atoms with Crippen LogP contribution in [0, 0.1) is 0 Å². The highest BCUT2D eigenvalue weighted by Crippen LogP contribution is 2.27. The Morgan fingerprint density at radius 1 is 1.23 bits per heavy atom. The summed E-state index contributed by atoms with van der Waals surface area (Å²) in [6.07, 6.45) is 1.12. The maximum Gasteiger partial charge on any atom is 0.258 e. The van der Waals surface area contributed by atoms with Gasteiger partial charge in [-0.3, -0.25) is 9.59 Å². The van der Waals surface area contributed by atoms with Crippen molar-refractivity contribution in [1.29, 1.82) is 0 Å². The fourth-order valence-electron chi connectivity index (χ4n) is 2.81. The van der Waals surface area contributed by atoms with E-state index in [0.717, 1.165) is 16.8 Å². The number of ether oxygens (including phenoxy) is 1. The van der Waals surface area contributed by atoms with Gasteiger partial charge in [-0.15, -0.1) is 0 Å². The van der Waals surface area contributed by atoms with Crippen molar-refractivity contribution in [3.8, 4) is 5.75 Å². The molecule has 0 saturated heterocycles. The van der Waals surface area contributed by atoms with Crippen molar-refractivity contribution in [3.63, 3.8) is 0 Å². The lowest BCUT2D eigenvalue weighted by molar-refractivity contribution is -0.123. The second-order valence-corrected chi connectivity index (χ2v) is 6.95. The van der Waals surface area contributed by atoms with Crippen LogP contribution in [0.15, 0.2) is 36.4 Å². The third-order valence-electron chi connectivity index (χ3n) is 4.15. The molecule has 0 aliphatic carbocycles. The molecule has 1 unspecified atom stereocenters. The molecule has 0 aromatic heterocycles. The number of hydrogen-bond acceptors (Lipinski definition) is 3. The number of rotatable bonds is 5. The van der Waals surface area contributed by atoms with Crippen LogP contribution in [-0.2, 0) is 16.0 Å². The molecule has 0 spiro atoms. The summed E-state index contributed by atoms with van der Waals surface area (Å²) in [6, 6.07) is 10.3. The molecule has 7 heteroatoms. The lowest BCUT2D eigenvalue weighted by Crippen LogP contribution is -2.31. The molecule has 0 radical (unpaired) electrons. The fraction of sp³-hybridized carbons (Fsp3) is 0.263. The summed E-state index contributed by atoms with van der Waals surface area (Å²) in [5.41, 5.74) is 2.59. The van der Waals surface area contributed by atoms with Gasteiger partial charge in [-0.25, -0.2) is 0 Å². The first-order chi connectivity index (χ1) is 12.4. The van der Waals surface area contributed by atoms with Crippen LogP contribution < -0.4 is 15.4 Å². The number of aryl methyl sites for hydroxylation is 1. The molecule has 0 saturated carbocycles. The van der Waals surface area contributed by atoms with E-state index in [2.05, 4.69) is 10.6 Å². The summed E-state index contributed by atoms with van der Waals surface area (Å²) in [6.45, 7) is 1.73. The van der Waals surface area contributed by atoms with Crippen LogP contribution in [0.25, 0.3) is 0 Å². The van der Waals surface area contributed by atoms with E-state index in [1.54, 1.807) is 30.3 Å². The Morgan fingerprint density at radius 2 is 2.04 bits per heavy atom. The molecule has 2 aromatic rings. The number of hydrogen-bond donors (Lipinski definition) is 2. The number of fused-ring (bicyclic) bond motifs is 1. The van der Waals surface area contributed by atoms with Crippen molar-refractivity contribution in [2.24, 2.45) is 0 Å². The van der Waals surface area contributed by atoms with Crippen LogP contribution in [-0.4, -0.2) is 18.4 Å². The minimum absolute atomic E-state index is 0.0143. The van der Waals surface area contributed by atoms with Crippen molar-refractivity contribution in [2.75, 3.05) is 11.9 Å². The van der Waals surface area contributed by atoms with Crippen molar-refractivity contribution in [3.05, 3.63) is 57.6 Å². The summed E-state index contributed by atoms with van der Waals surface area (Å²) in [5, 5.41) is 6.70. The molecule has 1 atom stereocenters. The van der Waals surface area contributed by atoms with E-state index >= 15 is 0 Å². The molecule has 0 bridgehead atoms. The molecule has 1 aliphatic rings. The highest BCUT2D eigenvalue weighted by atomic mass is 35.5. The Kier molecular flexibility index (Phi) is 5.69. The van der Waals surface area contributed by atoms with Crippen LogP contribution in [0.1, 0.15) is 30.5 Å². The second kappa shape index (κ2) is 7.98. The van der Waals surface area contributed by atoms with E-state index in [-0.39, 0.29) is 24.5 Å². The molecular formula is C19H18Cl2N2O3. The summed E-state index contributed by atoms with van der Waals surface area (Å²) in [5.74, 6) is 0.349. The lowest BCUT2D eigenvalue weighted by atomic mass is 10.0. The summed E-state index contributed by atoms with van der Waals surface area (Å²) < 4.78 is 5.57. The Hall–Kier alpha value is -2.24. The van der Waals surface area contributed by atoms with Gasteiger partial charge in [0.25, 0.3) is 5.91 Å². The first-order valence-electron chi connectivity index (χ1n) is 8.22. The van der Waals surface area contributed by atoms with Crippen LogP contribution in [0.3, 0.4) is 0 Å². The third kappa shape index (κ3) is 4.48. The summed E-state index contributed by atoms with van der Waals surface area (Å²) in [4.78, 5) is 23.5. The number of halogens is 2. The largest absolute Gasteiger partial charge is 0.484 e. The normalized spacial score (nSPS) is 14.2. The predicted octanol–water partition coefficient (Wildman–Crippen LogP) is 4.13. The minimum Gasteiger partial charge on any atom is -0.484 e. The maximum absolute atomic E-state index is 12.1. The van der Waals surface area contributed by atoms with Gasteiger partial charge in [0.1, 0.15) is 5.75 Å². The standard InChI is InChI=1S/C19H18Cl2N2O3/c1-11(15-5-3-13(20)9-16(15)21)22-19(25)10-26-14-4-6-17-12(8-14)2-7-18(24)23-17/h3-6,8-9,11H,2,7,10H2,1H3,(H,22,25)(H,23,24). The maximum atomic E-state index is 12.1. The van der Waals surface area contributed by atoms with Crippen LogP contribution in [0.5, 0.6) is 5.75 Å². The first-order valence-corrected chi connectivity index (χ1v) is 8.98. The molecule has 136 valence electrons. The van der Waals surface area contributed by atoms with Gasteiger partial charge >= 0.3 is 0 Å². The average molecular weight is 393 g/mol. The number of carbonyl (C=O) groups is 2. The van der Waals surface area contributed by atoms with Crippen LogP contribution in [0.4, 0.5) is 5.69 Å². The Bertz CT molecular complexity index is 855. The van der Waals surface area contributed by atoms with Gasteiger partial charge < -0.3 is 15.4 Å². The molecule has 2 amide bonds. The van der Waals surface area contributed by atoms with Crippen molar-refractivity contribution in [2.45, 2.75) is 25.8 Å². The lowest BCUT2D eigenvalue weighted by Gasteiger charge is -2.18. The molecule has 1 aliphatic heterocycles. The number of anilines is 1. The zero-order chi connectivity index (χ0) is 18.7. The molecule has 2 aromatic carbocycles. The Morgan fingerprint density at radius 3 is 2.81 bits per heavy atom. The highest BCUT2D eigenvalue weighted by Gasteiger charge is 2.16. The number of amides is 2. The molecule has 5 nitrogen and oxygen atoms in total. The molecular weight excluding hydrogens is 375 g/mol. The van der Waals surface area contributed by atoms with Gasteiger partial charge in [0, 0.05) is 22.2 Å². The topological polar surface area (TPSA) is 67.4 Å². The summed E-state index contributed by atoms with van der Waals surface area (Å²) in [7, 11) is 0. The first kappa shape index (κ1) is 18.5. The van der Waals surface area contributed by atoms with E-state index in [0.29, 0.717) is 28.6 Å². The van der Waals surface area contributed by atoms with E-state index in [9.17, 15) is 9.59 Å². The van der Waals surface area contributed by atoms with Gasteiger partial charge in [0.2, 0.25) is 5.91 Å². The molecule has 1 heterocycles. The molecule has 3 rings (SSSR count). The smallest absolute Gasteiger partial charge is 0.258 e. The number of carbonyl (C=O) groups excluding carboxylic acids is 2. The van der Waals surface area contributed by atoms with Crippen molar-refractivity contribution >= 4 is 40.7 Å². The van der Waals surface area contributed by atoms with E-state index < -0.39 is 0 Å². The number of benzene rings is 2. The van der Waals surface area contributed by atoms with Gasteiger partial charge in [0.05, 0.1) is 6.04 Å². The quantitative estimate of drug-likeness (QED) is 0.803. The minimum atomic E-state index is -0.269. The molecule has 2 N–H and O–H groups in total. The second-order valence-electron chi connectivity index (χ2n) is 6.11. The van der Waals surface area contributed by atoms with Crippen LogP contribution >= 0.6 is 23.2 Å². The van der Waals surface area contributed by atoms with Crippen molar-refractivity contribution < 1.29 is 14.3 Å². The number of nitrogens with one attached hydrogen (secondary N) is 2. The Labute approximate surface area is 161 Å². The van der Waals surface area contributed by atoms with Gasteiger partial charge in [-0.05, 0) is 54.8 Å². The van der Waals surface area contributed by atoms with E-state index in [1.807, 2.05) is 13.0 Å². The SMILES string of the molecule is CC(NC(=O)COc1ccc2c(c1)CCC(=O)N2)c1ccc(Cl)cc1Cl. The zero-order valence-electron chi connectivity index (χ0n) is 14.1. The fourth-order valence-corrected chi connectivity index (χ4v) is 3.38. The van der Waals surface area contributed by atoms with Crippen LogP contribution in [0.2, 0.25) is 10.0 Å². The van der Waals surface area contributed by atoms with Gasteiger partial charge in [-0.1, -0.05) is 29.3 Å². The average Bonchev–Trinajstić information content (AvgIpc) is 2.59. The Balaban J connectivity index is 1.56. The third-order valence-corrected chi connectivity index (χ3v) is 4.71. The summed E-state index contributed by atoms with van der Waals surface area (Å²) >= 11 is 12.1. The zero-order valence-corrected chi connectivity index (χ0v) is 15.7.